The maximum absolute atomic E-state index is 14.3. The van der Waals surface area contributed by atoms with E-state index in [1.807, 2.05) is 39.0 Å². The van der Waals surface area contributed by atoms with Gasteiger partial charge in [0.05, 0.1) is 55.4 Å². The van der Waals surface area contributed by atoms with Crippen LogP contribution in [0.2, 0.25) is 0 Å². The highest BCUT2D eigenvalue weighted by Crippen LogP contribution is 2.47. The third kappa shape index (κ3) is 10.2. The van der Waals surface area contributed by atoms with Gasteiger partial charge in [0.2, 0.25) is 5.91 Å². The molecule has 0 aromatic rings. The van der Waals surface area contributed by atoms with Gasteiger partial charge < -0.3 is 62.9 Å². The fraction of sp³-hybridized carbons (Fsp3) is 0.755. The van der Waals surface area contributed by atoms with E-state index in [-0.39, 0.29) is 61.0 Å². The summed E-state index contributed by atoms with van der Waals surface area (Å²) in [5.41, 5.74) is 0.112. The highest BCUT2D eigenvalue weighted by atomic mass is 16.7. The summed E-state index contributed by atoms with van der Waals surface area (Å²) in [4.78, 5) is 26.2. The molecule has 6 heterocycles. The predicted molar refractivity (Wildman–Crippen MR) is 234 cm³/mol. The Labute approximate surface area is 378 Å². The summed E-state index contributed by atoms with van der Waals surface area (Å²) in [6, 6.07) is -0.314. The van der Waals surface area contributed by atoms with Crippen LogP contribution in [0.1, 0.15) is 94.4 Å². The average molecular weight is 900 g/mol. The minimum Gasteiger partial charge on any atom is -0.462 e. The number of nitrogens with one attached hydrogen (secondary N) is 1. The van der Waals surface area contributed by atoms with E-state index in [0.29, 0.717) is 36.8 Å². The second-order valence-corrected chi connectivity index (χ2v) is 19.5. The molecule has 6 aliphatic heterocycles. The number of hydrogen-bond acceptors (Lipinski definition) is 14. The van der Waals surface area contributed by atoms with Gasteiger partial charge in [0, 0.05) is 58.7 Å². The summed E-state index contributed by atoms with van der Waals surface area (Å²) in [7, 11) is 3.27. The van der Waals surface area contributed by atoms with Crippen LogP contribution in [0.3, 0.4) is 0 Å². The number of carbonyl (C=O) groups excluding carboxylic acids is 2. The molecular formula is C49H73NO14. The molecule has 4 saturated heterocycles. The van der Waals surface area contributed by atoms with Crippen molar-refractivity contribution in [3.05, 3.63) is 59.3 Å². The molecule has 1 aliphatic carbocycles. The normalized spacial score (nSPS) is 46.6. The molecule has 0 aromatic heterocycles. The molecule has 358 valence electrons. The Balaban J connectivity index is 1.16. The monoisotopic (exact) mass is 900 g/mol. The third-order valence-electron chi connectivity index (χ3n) is 14.4. The SMILES string of the molecule is CO[C@H]1C[C@H](O[C@@H]2/C(C)=C/C[C@@H]3C[C@@H](C[C@]4(C=C[C@H](C)[C@@H](C(C)C)O4)O3)OC(=O)[C@@H]3C=C(C)[C@@H](O)[C@H]4OCC(=C/C=C/[C@@H]2C)[C@]43O)O[C@@H](C)[C@H]1O[C@H]1C[C@@H](OC)[C@H](NC(C)=O)[C@H](C)O1. The second-order valence-electron chi connectivity index (χ2n) is 19.5. The largest absolute Gasteiger partial charge is 0.462 e. The molecule has 3 N–H and O–H groups in total. The zero-order valence-corrected chi connectivity index (χ0v) is 39.5. The Hall–Kier alpha value is -2.80. The minimum absolute atomic E-state index is 0.0266. The van der Waals surface area contributed by atoms with E-state index in [0.717, 1.165) is 5.57 Å². The van der Waals surface area contributed by atoms with Crippen molar-refractivity contribution in [1.82, 2.24) is 5.32 Å². The van der Waals surface area contributed by atoms with Crippen molar-refractivity contribution in [2.75, 3.05) is 20.8 Å². The number of esters is 1. The number of ether oxygens (including phenoxy) is 10. The molecule has 15 nitrogen and oxygen atoms in total. The van der Waals surface area contributed by atoms with Crippen molar-refractivity contribution in [3.8, 4) is 0 Å². The molecule has 19 atom stereocenters. The number of hydrogen-bond donors (Lipinski definition) is 3. The minimum atomic E-state index is -1.84. The number of amides is 1. The van der Waals surface area contributed by atoms with E-state index >= 15 is 0 Å². The summed E-state index contributed by atoms with van der Waals surface area (Å²) >= 11 is 0. The van der Waals surface area contributed by atoms with Crippen LogP contribution in [-0.4, -0.2) is 140 Å². The smallest absolute Gasteiger partial charge is 0.316 e. The number of methoxy groups -OCH3 is 2. The molecule has 2 bridgehead atoms. The van der Waals surface area contributed by atoms with Crippen LogP contribution in [0.15, 0.2) is 59.3 Å². The number of rotatable bonds is 8. The summed E-state index contributed by atoms with van der Waals surface area (Å²) in [6.45, 7) is 17.5. The predicted octanol–water partition coefficient (Wildman–Crippen LogP) is 5.13. The van der Waals surface area contributed by atoms with E-state index in [1.165, 1.54) is 6.92 Å². The van der Waals surface area contributed by atoms with Crippen LogP contribution >= 0.6 is 0 Å². The summed E-state index contributed by atoms with van der Waals surface area (Å²) < 4.78 is 64.2. The number of aliphatic hydroxyl groups excluding tert-OH is 1. The summed E-state index contributed by atoms with van der Waals surface area (Å²) in [5, 5.41) is 26.7. The Morgan fingerprint density at radius 3 is 2.31 bits per heavy atom. The van der Waals surface area contributed by atoms with Gasteiger partial charge in [0.25, 0.3) is 0 Å². The first-order valence-electron chi connectivity index (χ1n) is 23.3. The van der Waals surface area contributed by atoms with Gasteiger partial charge in [-0.2, -0.15) is 0 Å². The van der Waals surface area contributed by atoms with Crippen molar-refractivity contribution in [2.45, 2.75) is 192 Å². The standard InChI is InChI=1S/C49H73NO14/c1-25(2)43-28(5)17-18-48(64-43)23-35-20-34(63-48)16-15-27(4)44(26(3)13-12-14-33-24-57-46-42(52)29(6)19-36(47(53)60-35)49(33,46)54)61-40-22-38(56-11)45(31(8)59-40)62-39-21-37(55-10)41(30(7)58-39)50-32(9)51/h12-15,17-19,25-26,28,30-31,34-46,52,54H,16,20-24H2,1-11H3,(H,50,51)/b13-12+,27-15+,33-14?/t26-,28-,30-,31-,34+,35-,36-,37+,38-,39-,40-,41+,42+,43+,44-,45+,46+,48+,49+/m0/s1. The fourth-order valence-electron chi connectivity index (χ4n) is 10.9. The number of fused-ring (bicyclic) bond motifs is 2. The summed E-state index contributed by atoms with van der Waals surface area (Å²) in [5.74, 6) is -2.81. The molecule has 7 rings (SSSR count). The van der Waals surface area contributed by atoms with Gasteiger partial charge in [0.15, 0.2) is 18.4 Å². The first kappa shape index (κ1) is 49.1. The average Bonchev–Trinajstić information content (AvgIpc) is 3.58. The van der Waals surface area contributed by atoms with Gasteiger partial charge in [-0.1, -0.05) is 64.2 Å². The number of aliphatic hydroxyl groups is 2. The van der Waals surface area contributed by atoms with Crippen LogP contribution in [0.4, 0.5) is 0 Å². The quantitative estimate of drug-likeness (QED) is 0.216. The number of carbonyl (C=O) groups is 2. The lowest BCUT2D eigenvalue weighted by Crippen LogP contribution is -2.58. The van der Waals surface area contributed by atoms with Gasteiger partial charge in [-0.25, -0.2) is 0 Å². The van der Waals surface area contributed by atoms with Gasteiger partial charge in [-0.05, 0) is 62.8 Å². The Morgan fingerprint density at radius 2 is 1.61 bits per heavy atom. The van der Waals surface area contributed by atoms with Crippen molar-refractivity contribution >= 4 is 11.9 Å². The topological polar surface area (TPSA) is 179 Å². The lowest BCUT2D eigenvalue weighted by Gasteiger charge is -2.48. The second kappa shape index (κ2) is 20.2. The van der Waals surface area contributed by atoms with Crippen LogP contribution in [0, 0.1) is 23.7 Å². The Kier molecular flexibility index (Phi) is 15.5. The van der Waals surface area contributed by atoms with E-state index in [1.54, 1.807) is 33.3 Å². The fourth-order valence-corrected chi connectivity index (χ4v) is 10.9. The maximum atomic E-state index is 14.3. The zero-order valence-electron chi connectivity index (χ0n) is 39.5. The molecule has 1 spiro atoms. The molecular weight excluding hydrogens is 827 g/mol. The zero-order chi connectivity index (χ0) is 46.2. The highest BCUT2D eigenvalue weighted by Gasteiger charge is 2.60. The molecule has 0 saturated carbocycles. The first-order valence-corrected chi connectivity index (χ1v) is 23.3. The summed E-state index contributed by atoms with van der Waals surface area (Å²) in [6.07, 6.45) is 8.46. The van der Waals surface area contributed by atoms with Crippen LogP contribution in [0.5, 0.6) is 0 Å². The van der Waals surface area contributed by atoms with Crippen LogP contribution in [0.25, 0.3) is 0 Å². The lowest BCUT2D eigenvalue weighted by atomic mass is 9.71. The first-order chi connectivity index (χ1) is 30.4. The van der Waals surface area contributed by atoms with E-state index in [4.69, 9.17) is 47.4 Å². The van der Waals surface area contributed by atoms with Crippen LogP contribution < -0.4 is 5.32 Å². The molecule has 15 heteroatoms. The van der Waals surface area contributed by atoms with E-state index < -0.39 is 84.7 Å². The lowest BCUT2D eigenvalue weighted by molar-refractivity contribution is -0.311. The molecule has 0 unspecified atom stereocenters. The highest BCUT2D eigenvalue weighted by molar-refractivity contribution is 5.78. The molecule has 4 fully saturated rings. The Morgan fingerprint density at radius 1 is 0.906 bits per heavy atom. The number of allylic oxidation sites excluding steroid dienone is 2. The van der Waals surface area contributed by atoms with Crippen molar-refractivity contribution in [1.29, 1.82) is 0 Å². The molecule has 64 heavy (non-hydrogen) atoms. The van der Waals surface area contributed by atoms with Gasteiger partial charge in [0.1, 0.15) is 35.9 Å². The van der Waals surface area contributed by atoms with Gasteiger partial charge in [-0.15, -0.1) is 0 Å². The van der Waals surface area contributed by atoms with E-state index in [2.05, 4.69) is 45.2 Å². The van der Waals surface area contributed by atoms with Crippen molar-refractivity contribution in [2.24, 2.45) is 23.7 Å². The van der Waals surface area contributed by atoms with Gasteiger partial charge in [-0.3, -0.25) is 9.59 Å². The maximum Gasteiger partial charge on any atom is 0.316 e. The van der Waals surface area contributed by atoms with Gasteiger partial charge >= 0.3 is 5.97 Å². The van der Waals surface area contributed by atoms with Crippen molar-refractivity contribution < 1.29 is 67.2 Å². The van der Waals surface area contributed by atoms with Crippen LogP contribution in [-0.2, 0) is 57.0 Å². The van der Waals surface area contributed by atoms with E-state index in [9.17, 15) is 19.8 Å². The Bertz CT molecular complexity index is 1830. The molecule has 1 amide bonds. The molecule has 0 radical (unpaired) electrons. The third-order valence-corrected chi connectivity index (χ3v) is 14.4. The molecule has 0 aromatic carbocycles. The molecule has 7 aliphatic rings. The van der Waals surface area contributed by atoms with Crippen molar-refractivity contribution in [3.63, 3.8) is 0 Å².